The van der Waals surface area contributed by atoms with E-state index in [-0.39, 0.29) is 0 Å². The first-order chi connectivity index (χ1) is 11.1. The molecule has 1 aliphatic carbocycles. The molecule has 0 spiro atoms. The lowest BCUT2D eigenvalue weighted by Gasteiger charge is -2.38. The van der Waals surface area contributed by atoms with Crippen molar-refractivity contribution in [1.29, 1.82) is 0 Å². The number of ether oxygens (including phenoxy) is 1. The smallest absolute Gasteiger partial charge is 0.407 e. The third-order valence-corrected chi connectivity index (χ3v) is 3.84. The Kier molecular flexibility index (Phi) is 5.14. The lowest BCUT2D eigenvalue weighted by molar-refractivity contribution is -0.0598. The summed E-state index contributed by atoms with van der Waals surface area (Å²) >= 11 is 0. The second kappa shape index (κ2) is 6.78. The Balaban J connectivity index is 2.08. The van der Waals surface area contributed by atoms with Crippen molar-refractivity contribution in [2.45, 2.75) is 63.5 Å². The van der Waals surface area contributed by atoms with Gasteiger partial charge < -0.3 is 20.3 Å². The zero-order valence-corrected chi connectivity index (χ0v) is 13.9. The highest BCUT2D eigenvalue weighted by atomic mass is 16.6. The molecule has 1 heterocycles. The fourth-order valence-corrected chi connectivity index (χ4v) is 2.77. The van der Waals surface area contributed by atoms with E-state index >= 15 is 0 Å². The Morgan fingerprint density at radius 3 is 2.54 bits per heavy atom. The van der Waals surface area contributed by atoms with Crippen molar-refractivity contribution >= 4 is 6.09 Å². The van der Waals surface area contributed by atoms with E-state index in [4.69, 9.17) is 4.74 Å². The van der Waals surface area contributed by atoms with Gasteiger partial charge in [0.2, 0.25) is 0 Å². The summed E-state index contributed by atoms with van der Waals surface area (Å²) in [5.74, 6) is 0. The van der Waals surface area contributed by atoms with Crippen molar-refractivity contribution in [3.8, 4) is 0 Å². The van der Waals surface area contributed by atoms with Crippen LogP contribution in [0.2, 0.25) is 0 Å². The Bertz CT molecular complexity index is 704. The highest BCUT2D eigenvalue weighted by Crippen LogP contribution is 2.28. The predicted octanol–water partition coefficient (Wildman–Crippen LogP) is -0.513. The van der Waals surface area contributed by atoms with Gasteiger partial charge in [-0.05, 0) is 33.6 Å². The van der Waals surface area contributed by atoms with Gasteiger partial charge in [-0.2, -0.15) is 0 Å². The van der Waals surface area contributed by atoms with E-state index in [9.17, 15) is 24.6 Å². The van der Waals surface area contributed by atoms with Gasteiger partial charge in [-0.25, -0.2) is 9.59 Å². The van der Waals surface area contributed by atoms with Gasteiger partial charge in [0.1, 0.15) is 17.8 Å². The van der Waals surface area contributed by atoms with Crippen LogP contribution in [0.5, 0.6) is 0 Å². The first-order valence-electron chi connectivity index (χ1n) is 7.75. The van der Waals surface area contributed by atoms with Gasteiger partial charge in [-0.3, -0.25) is 14.3 Å². The average Bonchev–Trinajstić information content (AvgIpc) is 2.43. The van der Waals surface area contributed by atoms with Crippen LogP contribution in [0, 0.1) is 0 Å². The quantitative estimate of drug-likeness (QED) is 0.572. The third kappa shape index (κ3) is 4.24. The molecule has 1 amide bonds. The molecule has 1 saturated carbocycles. The third-order valence-electron chi connectivity index (χ3n) is 3.84. The van der Waals surface area contributed by atoms with Crippen LogP contribution in [0.3, 0.4) is 0 Å². The zero-order valence-electron chi connectivity index (χ0n) is 13.9. The first kappa shape index (κ1) is 18.2. The van der Waals surface area contributed by atoms with Gasteiger partial charge in [-0.15, -0.1) is 0 Å². The van der Waals surface area contributed by atoms with Gasteiger partial charge >= 0.3 is 11.8 Å². The minimum Gasteiger partial charge on any atom is -0.444 e. The Morgan fingerprint density at radius 1 is 1.29 bits per heavy atom. The number of alkyl carbamates (subject to hydrolysis) is 1. The molecule has 0 aliphatic heterocycles. The van der Waals surface area contributed by atoms with E-state index in [1.807, 2.05) is 0 Å². The van der Waals surface area contributed by atoms with Crippen molar-refractivity contribution in [1.82, 2.24) is 14.9 Å². The summed E-state index contributed by atoms with van der Waals surface area (Å²) in [5.41, 5.74) is -1.86. The molecule has 0 aromatic carbocycles. The van der Waals surface area contributed by atoms with Gasteiger partial charge in [0.05, 0.1) is 12.1 Å². The number of aliphatic hydroxyl groups is 2. The van der Waals surface area contributed by atoms with Gasteiger partial charge in [0.25, 0.3) is 5.56 Å². The number of hydrogen-bond acceptors (Lipinski definition) is 6. The summed E-state index contributed by atoms with van der Waals surface area (Å²) in [7, 11) is 0. The minimum absolute atomic E-state index is 0.338. The normalized spacial score (nSPS) is 27.5. The van der Waals surface area contributed by atoms with Crippen molar-refractivity contribution < 1.29 is 19.7 Å². The first-order valence-corrected chi connectivity index (χ1v) is 7.75. The molecule has 1 aromatic rings. The Labute approximate surface area is 138 Å². The molecule has 0 bridgehead atoms. The topological polar surface area (TPSA) is 134 Å². The van der Waals surface area contributed by atoms with Gasteiger partial charge in [0.15, 0.2) is 0 Å². The molecule has 1 aromatic heterocycles. The number of aliphatic hydroxyl groups excluding tert-OH is 2. The predicted molar refractivity (Wildman–Crippen MR) is 84.8 cm³/mol. The van der Waals surface area contributed by atoms with Crippen molar-refractivity contribution in [2.24, 2.45) is 0 Å². The number of hydrogen-bond donors (Lipinski definition) is 4. The molecule has 24 heavy (non-hydrogen) atoms. The van der Waals surface area contributed by atoms with E-state index in [1.54, 1.807) is 20.8 Å². The number of nitrogens with zero attached hydrogens (tertiary/aromatic N) is 1. The van der Waals surface area contributed by atoms with Crippen molar-refractivity contribution in [3.63, 3.8) is 0 Å². The number of amides is 1. The van der Waals surface area contributed by atoms with Crippen LogP contribution < -0.4 is 16.6 Å². The van der Waals surface area contributed by atoms with Crippen LogP contribution in [-0.2, 0) is 4.74 Å². The van der Waals surface area contributed by atoms with Crippen LogP contribution >= 0.6 is 0 Å². The second-order valence-corrected chi connectivity index (χ2v) is 6.90. The molecule has 0 unspecified atom stereocenters. The highest BCUT2D eigenvalue weighted by Gasteiger charge is 2.39. The molecule has 0 saturated heterocycles. The fraction of sp³-hybridized carbons (Fsp3) is 0.667. The van der Waals surface area contributed by atoms with Crippen LogP contribution in [0.1, 0.15) is 39.7 Å². The molecule has 2 rings (SSSR count). The van der Waals surface area contributed by atoms with Gasteiger partial charge in [-0.1, -0.05) is 0 Å². The number of H-pyrrole nitrogens is 1. The molecule has 1 aliphatic rings. The molecule has 1 fully saturated rings. The maximum atomic E-state index is 11.8. The molecular formula is C15H23N3O6. The van der Waals surface area contributed by atoms with E-state index in [0.717, 1.165) is 0 Å². The summed E-state index contributed by atoms with van der Waals surface area (Å²) in [4.78, 5) is 36.9. The Hall–Kier alpha value is -2.13. The summed E-state index contributed by atoms with van der Waals surface area (Å²) in [6, 6.07) is -0.212. The lowest BCUT2D eigenvalue weighted by Crippen LogP contribution is -2.56. The van der Waals surface area contributed by atoms with E-state index in [1.165, 1.54) is 16.8 Å². The summed E-state index contributed by atoms with van der Waals surface area (Å²) < 4.78 is 6.31. The average molecular weight is 341 g/mol. The number of carbonyl (C=O) groups excluding carboxylic acids is 1. The molecule has 9 heteroatoms. The van der Waals surface area contributed by atoms with Crippen molar-refractivity contribution in [2.75, 3.05) is 0 Å². The molecular weight excluding hydrogens is 318 g/mol. The number of aromatic nitrogens is 2. The van der Waals surface area contributed by atoms with Gasteiger partial charge in [0, 0.05) is 12.3 Å². The minimum atomic E-state index is -1.28. The number of rotatable bonds is 2. The molecule has 4 atom stereocenters. The number of nitrogens with one attached hydrogen (secondary N) is 2. The van der Waals surface area contributed by atoms with E-state index < -0.39 is 47.2 Å². The number of carbonyl (C=O) groups is 1. The molecule has 9 nitrogen and oxygen atoms in total. The second-order valence-electron chi connectivity index (χ2n) is 6.90. The maximum Gasteiger partial charge on any atom is 0.407 e. The van der Waals surface area contributed by atoms with Crippen LogP contribution in [0.4, 0.5) is 4.79 Å². The highest BCUT2D eigenvalue weighted by molar-refractivity contribution is 5.68. The van der Waals surface area contributed by atoms with Crippen LogP contribution in [0.25, 0.3) is 0 Å². The number of aromatic amines is 1. The molecule has 4 N–H and O–H groups in total. The van der Waals surface area contributed by atoms with Crippen LogP contribution in [0.15, 0.2) is 21.9 Å². The molecule has 0 radical (unpaired) electrons. The van der Waals surface area contributed by atoms with Crippen LogP contribution in [-0.4, -0.2) is 49.7 Å². The SMILES string of the molecule is CC(C)(C)OC(=O)N[C@@H]1CC[C@@H](n2ccc(=O)[nH]c2=O)[C@@H](O)[C@@H]1O. The maximum absolute atomic E-state index is 11.8. The zero-order chi connectivity index (χ0) is 18.1. The Morgan fingerprint density at radius 2 is 1.96 bits per heavy atom. The largest absolute Gasteiger partial charge is 0.444 e. The van der Waals surface area contributed by atoms with Crippen molar-refractivity contribution in [3.05, 3.63) is 33.1 Å². The monoisotopic (exact) mass is 341 g/mol. The summed E-state index contributed by atoms with van der Waals surface area (Å²) in [6.07, 6.45) is -1.27. The van der Waals surface area contributed by atoms with E-state index in [0.29, 0.717) is 12.8 Å². The lowest BCUT2D eigenvalue weighted by atomic mass is 9.86. The summed E-state index contributed by atoms with van der Waals surface area (Å²) in [6.45, 7) is 5.16. The van der Waals surface area contributed by atoms with E-state index in [2.05, 4.69) is 10.3 Å². The molecule has 134 valence electrons. The standard InChI is InChI=1S/C15H23N3O6/c1-15(2,3)24-14(23)16-8-4-5-9(12(21)11(8)20)18-7-6-10(19)17-13(18)22/h6-9,11-12,20-21H,4-5H2,1-3H3,(H,16,23)(H,17,19,22)/t8-,9-,11-,12-/m1/s1. The summed E-state index contributed by atoms with van der Waals surface area (Å²) in [5, 5.41) is 23.1. The fourth-order valence-electron chi connectivity index (χ4n) is 2.77.